The minimum Gasteiger partial charge on any atom is -0.503 e. The quantitative estimate of drug-likeness (QED) is 0.415. The molecule has 2 amide bonds. The predicted molar refractivity (Wildman–Crippen MR) is 124 cm³/mol. The summed E-state index contributed by atoms with van der Waals surface area (Å²) in [5.74, 6) is -2.80. The number of methoxy groups -OCH3 is 1. The van der Waals surface area contributed by atoms with Gasteiger partial charge in [-0.25, -0.2) is 9.29 Å². The summed E-state index contributed by atoms with van der Waals surface area (Å²) in [6.07, 6.45) is 3.27. The fourth-order valence-corrected chi connectivity index (χ4v) is 5.62. The molecule has 1 fully saturated rings. The third-order valence-corrected chi connectivity index (χ3v) is 7.93. The number of anilines is 1. The Labute approximate surface area is 202 Å². The van der Waals surface area contributed by atoms with E-state index in [1.807, 2.05) is 0 Å². The number of phenolic OH excluding ortho intramolecular Hbond substituents is 1. The minimum absolute atomic E-state index is 0.00539. The molecule has 2 aliphatic rings. The Bertz CT molecular complexity index is 1190. The summed E-state index contributed by atoms with van der Waals surface area (Å²) in [4.78, 5) is 24.4. The topological polar surface area (TPSA) is 66.8 Å². The maximum absolute atomic E-state index is 13.8. The van der Waals surface area contributed by atoms with E-state index in [0.29, 0.717) is 15.6 Å². The van der Waals surface area contributed by atoms with E-state index in [2.05, 4.69) is 22.5 Å². The Kier molecular flexibility index (Phi) is 5.64. The SMILES string of the molecule is C=CC1=CC[C@@]2(Cl)C(=O)N(c3ccc(F)cc3)C(=O)[C@@]2(Cl)[C@H]1c1cc(Br)c(O)c(OC)c1. The molecule has 1 heterocycles. The molecule has 2 aromatic carbocycles. The molecule has 1 aliphatic carbocycles. The van der Waals surface area contributed by atoms with Gasteiger partial charge in [0.05, 0.1) is 17.3 Å². The number of amides is 2. The van der Waals surface area contributed by atoms with Crippen LogP contribution in [0.25, 0.3) is 0 Å². The standard InChI is InChI=1S/C23H17BrCl2FNO4/c1-3-12-8-9-22(25)20(30)28(15-6-4-14(27)5-7-15)21(31)23(22,26)18(12)13-10-16(24)19(29)17(11-13)32-2/h3-8,10-11,18,29H,1,9H2,2H3/t18-,22-,23+/m1/s1. The molecule has 1 N–H and O–H groups in total. The van der Waals surface area contributed by atoms with Gasteiger partial charge in [0, 0.05) is 5.92 Å². The van der Waals surface area contributed by atoms with E-state index in [9.17, 15) is 19.1 Å². The van der Waals surface area contributed by atoms with Gasteiger partial charge in [-0.15, -0.1) is 23.2 Å². The Balaban J connectivity index is 1.94. The van der Waals surface area contributed by atoms with Crippen LogP contribution in [-0.4, -0.2) is 33.8 Å². The molecule has 1 aliphatic heterocycles. The number of halogens is 4. The normalized spacial score (nSPS) is 27.2. The monoisotopic (exact) mass is 539 g/mol. The second-order valence-corrected chi connectivity index (χ2v) is 9.63. The van der Waals surface area contributed by atoms with Crippen LogP contribution in [-0.2, 0) is 9.59 Å². The number of benzene rings is 2. The molecule has 4 rings (SSSR count). The van der Waals surface area contributed by atoms with Crippen molar-refractivity contribution in [3.63, 3.8) is 0 Å². The number of nitrogens with zero attached hydrogens (tertiary/aromatic N) is 1. The van der Waals surface area contributed by atoms with Crippen molar-refractivity contribution in [2.24, 2.45) is 0 Å². The number of alkyl halides is 2. The molecular formula is C23H17BrCl2FNO4. The summed E-state index contributed by atoms with van der Waals surface area (Å²) in [6.45, 7) is 3.83. The van der Waals surface area contributed by atoms with E-state index in [1.165, 1.54) is 25.3 Å². The van der Waals surface area contributed by atoms with Crippen molar-refractivity contribution < 1.29 is 23.8 Å². The third-order valence-electron chi connectivity index (χ3n) is 5.91. The van der Waals surface area contributed by atoms with Crippen LogP contribution in [0.4, 0.5) is 10.1 Å². The van der Waals surface area contributed by atoms with E-state index in [1.54, 1.807) is 18.2 Å². The molecule has 9 heteroatoms. The molecule has 166 valence electrons. The van der Waals surface area contributed by atoms with Crippen LogP contribution in [0.5, 0.6) is 11.5 Å². The molecule has 0 spiro atoms. The Morgan fingerprint density at radius 3 is 2.50 bits per heavy atom. The van der Waals surface area contributed by atoms with Crippen molar-refractivity contribution >= 4 is 56.6 Å². The lowest BCUT2D eigenvalue weighted by molar-refractivity contribution is -0.122. The molecule has 32 heavy (non-hydrogen) atoms. The van der Waals surface area contributed by atoms with E-state index in [0.717, 1.165) is 17.0 Å². The molecule has 2 aromatic rings. The largest absolute Gasteiger partial charge is 0.503 e. The van der Waals surface area contributed by atoms with Crippen molar-refractivity contribution in [2.75, 3.05) is 12.0 Å². The van der Waals surface area contributed by atoms with E-state index < -0.39 is 33.3 Å². The molecule has 0 unspecified atom stereocenters. The number of rotatable bonds is 4. The molecular weight excluding hydrogens is 524 g/mol. The summed E-state index contributed by atoms with van der Waals surface area (Å²) in [6, 6.07) is 8.05. The summed E-state index contributed by atoms with van der Waals surface area (Å²) >= 11 is 17.2. The zero-order chi connectivity index (χ0) is 23.4. The maximum Gasteiger partial charge on any atom is 0.258 e. The van der Waals surface area contributed by atoms with Gasteiger partial charge in [-0.05, 0) is 69.9 Å². The molecule has 1 saturated heterocycles. The summed E-state index contributed by atoms with van der Waals surface area (Å²) < 4.78 is 19.0. The third kappa shape index (κ3) is 3.02. The molecule has 0 radical (unpaired) electrons. The predicted octanol–water partition coefficient (Wildman–Crippen LogP) is 5.43. The number of hydrogen-bond donors (Lipinski definition) is 1. The van der Waals surface area contributed by atoms with Crippen LogP contribution >= 0.6 is 39.1 Å². The smallest absolute Gasteiger partial charge is 0.258 e. The highest BCUT2D eigenvalue weighted by atomic mass is 79.9. The van der Waals surface area contributed by atoms with Crippen LogP contribution in [0.1, 0.15) is 17.9 Å². The lowest BCUT2D eigenvalue weighted by Crippen LogP contribution is -2.54. The second-order valence-electron chi connectivity index (χ2n) is 7.53. The number of ether oxygens (including phenoxy) is 1. The van der Waals surface area contributed by atoms with Crippen molar-refractivity contribution in [1.82, 2.24) is 0 Å². The van der Waals surface area contributed by atoms with Gasteiger partial charge in [-0.1, -0.05) is 18.7 Å². The summed E-state index contributed by atoms with van der Waals surface area (Å²) in [5.41, 5.74) is 1.25. The molecule has 0 bridgehead atoms. The van der Waals surface area contributed by atoms with Gasteiger partial charge in [-0.3, -0.25) is 9.59 Å². The number of fused-ring (bicyclic) bond motifs is 1. The fourth-order valence-electron chi connectivity index (χ4n) is 4.32. The number of allylic oxidation sites excluding steroid dienone is 3. The van der Waals surface area contributed by atoms with Crippen molar-refractivity contribution in [3.05, 3.63) is 76.6 Å². The number of carbonyl (C=O) groups excluding carboxylic acids is 2. The average Bonchev–Trinajstić information content (AvgIpc) is 2.93. The number of imide groups is 1. The van der Waals surface area contributed by atoms with Crippen LogP contribution in [0.15, 0.2) is 65.2 Å². The number of aromatic hydroxyl groups is 1. The van der Waals surface area contributed by atoms with Gasteiger partial charge in [0.15, 0.2) is 21.2 Å². The highest BCUT2D eigenvalue weighted by molar-refractivity contribution is 9.10. The highest BCUT2D eigenvalue weighted by Gasteiger charge is 2.73. The number of phenols is 1. The van der Waals surface area contributed by atoms with Gasteiger partial charge in [0.1, 0.15) is 5.82 Å². The van der Waals surface area contributed by atoms with Crippen LogP contribution in [0.3, 0.4) is 0 Å². The zero-order valence-corrected chi connectivity index (χ0v) is 19.8. The summed E-state index contributed by atoms with van der Waals surface area (Å²) in [7, 11) is 1.39. The number of carbonyl (C=O) groups is 2. The first-order valence-electron chi connectivity index (χ1n) is 9.51. The van der Waals surface area contributed by atoms with Crippen LogP contribution in [0, 0.1) is 5.82 Å². The minimum atomic E-state index is -1.92. The van der Waals surface area contributed by atoms with Crippen LogP contribution < -0.4 is 9.64 Å². The highest BCUT2D eigenvalue weighted by Crippen LogP contribution is 2.60. The van der Waals surface area contributed by atoms with E-state index >= 15 is 0 Å². The van der Waals surface area contributed by atoms with E-state index in [4.69, 9.17) is 27.9 Å². The second kappa shape index (κ2) is 7.90. The molecule has 0 aromatic heterocycles. The Morgan fingerprint density at radius 2 is 1.91 bits per heavy atom. The van der Waals surface area contributed by atoms with Crippen LogP contribution in [0.2, 0.25) is 0 Å². The lowest BCUT2D eigenvalue weighted by atomic mass is 9.68. The van der Waals surface area contributed by atoms with E-state index in [-0.39, 0.29) is 23.6 Å². The van der Waals surface area contributed by atoms with Gasteiger partial charge < -0.3 is 9.84 Å². The van der Waals surface area contributed by atoms with Gasteiger partial charge in [-0.2, -0.15) is 0 Å². The maximum atomic E-state index is 13.8. The zero-order valence-electron chi connectivity index (χ0n) is 16.7. The molecule has 3 atom stereocenters. The average molecular weight is 541 g/mol. The lowest BCUT2D eigenvalue weighted by Gasteiger charge is -2.42. The Morgan fingerprint density at radius 1 is 1.25 bits per heavy atom. The first kappa shape index (κ1) is 22.8. The van der Waals surface area contributed by atoms with Crippen molar-refractivity contribution in [2.45, 2.75) is 22.1 Å². The van der Waals surface area contributed by atoms with Crippen molar-refractivity contribution in [3.8, 4) is 11.5 Å². The fraction of sp³-hybridized carbons (Fsp3) is 0.217. The first-order chi connectivity index (χ1) is 15.1. The van der Waals surface area contributed by atoms with Gasteiger partial charge in [0.2, 0.25) is 0 Å². The van der Waals surface area contributed by atoms with Gasteiger partial charge in [0.25, 0.3) is 11.8 Å². The van der Waals surface area contributed by atoms with Crippen molar-refractivity contribution in [1.29, 1.82) is 0 Å². The Hall–Kier alpha value is -2.35. The molecule has 5 nitrogen and oxygen atoms in total. The molecule has 0 saturated carbocycles. The first-order valence-corrected chi connectivity index (χ1v) is 11.1. The van der Waals surface area contributed by atoms with Gasteiger partial charge >= 0.3 is 0 Å². The number of hydrogen-bond acceptors (Lipinski definition) is 4. The summed E-state index contributed by atoms with van der Waals surface area (Å²) in [5, 5.41) is 10.2.